The van der Waals surface area contributed by atoms with Crippen LogP contribution in [0, 0.1) is 5.82 Å². The average Bonchev–Trinajstić information content (AvgIpc) is 2.93. The molecule has 2 atom stereocenters. The standard InChI is InChI=1S/C15H13FO4/c1-7(17)19-12-6-11(16)15(20-8(2)18)14-10-4-3-9(5-10)13(12)14/h3-4,6,9-10H,5H2,1-2H3. The lowest BCUT2D eigenvalue weighted by Gasteiger charge is -2.18. The topological polar surface area (TPSA) is 52.6 Å². The van der Waals surface area contributed by atoms with E-state index in [1.807, 2.05) is 12.2 Å². The number of allylic oxidation sites excluding steroid dienone is 2. The lowest BCUT2D eigenvalue weighted by molar-refractivity contribution is -0.133. The molecule has 104 valence electrons. The van der Waals surface area contributed by atoms with Crippen LogP contribution in [0.1, 0.15) is 43.2 Å². The zero-order valence-corrected chi connectivity index (χ0v) is 11.1. The highest BCUT2D eigenvalue weighted by Gasteiger charge is 2.40. The Hall–Kier alpha value is -2.17. The molecule has 1 aromatic carbocycles. The molecule has 2 bridgehead atoms. The average molecular weight is 276 g/mol. The third kappa shape index (κ3) is 1.90. The van der Waals surface area contributed by atoms with E-state index in [4.69, 9.17) is 9.47 Å². The highest BCUT2D eigenvalue weighted by molar-refractivity contribution is 5.74. The molecule has 2 aliphatic carbocycles. The Labute approximate surface area is 115 Å². The second kappa shape index (κ2) is 4.44. The Morgan fingerprint density at radius 2 is 1.70 bits per heavy atom. The number of benzene rings is 1. The fraction of sp³-hybridized carbons (Fsp3) is 0.333. The maximum Gasteiger partial charge on any atom is 0.308 e. The van der Waals surface area contributed by atoms with E-state index in [-0.39, 0.29) is 23.3 Å². The monoisotopic (exact) mass is 276 g/mol. The van der Waals surface area contributed by atoms with Gasteiger partial charge in [-0.1, -0.05) is 12.2 Å². The largest absolute Gasteiger partial charge is 0.426 e. The van der Waals surface area contributed by atoms with Crippen LogP contribution in [-0.2, 0) is 9.59 Å². The van der Waals surface area contributed by atoms with Crippen molar-refractivity contribution < 1.29 is 23.5 Å². The molecule has 0 spiro atoms. The molecule has 20 heavy (non-hydrogen) atoms. The quantitative estimate of drug-likeness (QED) is 0.473. The summed E-state index contributed by atoms with van der Waals surface area (Å²) in [5.74, 6) is -1.49. The Morgan fingerprint density at radius 3 is 2.30 bits per heavy atom. The van der Waals surface area contributed by atoms with Crippen LogP contribution in [-0.4, -0.2) is 11.9 Å². The summed E-state index contributed by atoms with van der Waals surface area (Å²) in [6, 6.07) is 1.12. The molecule has 0 N–H and O–H groups in total. The first-order valence-electron chi connectivity index (χ1n) is 6.38. The van der Waals surface area contributed by atoms with Crippen molar-refractivity contribution in [1.29, 1.82) is 0 Å². The van der Waals surface area contributed by atoms with Gasteiger partial charge in [-0.15, -0.1) is 0 Å². The van der Waals surface area contributed by atoms with Crippen LogP contribution >= 0.6 is 0 Å². The fourth-order valence-corrected chi connectivity index (χ4v) is 3.01. The molecular weight excluding hydrogens is 263 g/mol. The highest BCUT2D eigenvalue weighted by atomic mass is 19.1. The first-order valence-corrected chi connectivity index (χ1v) is 6.38. The van der Waals surface area contributed by atoms with Gasteiger partial charge in [0, 0.05) is 42.9 Å². The van der Waals surface area contributed by atoms with Gasteiger partial charge in [-0.05, 0) is 6.42 Å². The maximum atomic E-state index is 14.1. The molecule has 2 unspecified atom stereocenters. The van der Waals surface area contributed by atoms with E-state index in [1.54, 1.807) is 0 Å². The molecule has 0 heterocycles. The first-order chi connectivity index (χ1) is 9.47. The first kappa shape index (κ1) is 12.8. The predicted molar refractivity (Wildman–Crippen MR) is 68.3 cm³/mol. The number of hydrogen-bond acceptors (Lipinski definition) is 4. The number of ether oxygens (including phenoxy) is 2. The van der Waals surface area contributed by atoms with Crippen LogP contribution in [0.25, 0.3) is 0 Å². The van der Waals surface area contributed by atoms with Crippen molar-refractivity contribution in [1.82, 2.24) is 0 Å². The van der Waals surface area contributed by atoms with E-state index in [9.17, 15) is 14.0 Å². The Kier molecular flexibility index (Phi) is 2.85. The normalized spacial score (nSPS) is 21.8. The van der Waals surface area contributed by atoms with E-state index in [2.05, 4.69) is 0 Å². The smallest absolute Gasteiger partial charge is 0.308 e. The summed E-state index contributed by atoms with van der Waals surface area (Å²) in [7, 11) is 0. The van der Waals surface area contributed by atoms with Gasteiger partial charge >= 0.3 is 11.9 Å². The van der Waals surface area contributed by atoms with Crippen molar-refractivity contribution in [3.8, 4) is 11.5 Å². The number of esters is 2. The molecule has 0 radical (unpaired) electrons. The molecule has 0 saturated carbocycles. The second-order valence-electron chi connectivity index (χ2n) is 5.03. The molecule has 0 aromatic heterocycles. The summed E-state index contributed by atoms with van der Waals surface area (Å²) in [6.07, 6.45) is 4.77. The van der Waals surface area contributed by atoms with Crippen molar-refractivity contribution in [3.63, 3.8) is 0 Å². The summed E-state index contributed by atoms with van der Waals surface area (Å²) in [6.45, 7) is 2.50. The van der Waals surface area contributed by atoms with Crippen molar-refractivity contribution in [2.45, 2.75) is 32.1 Å². The fourth-order valence-electron chi connectivity index (χ4n) is 3.01. The molecule has 0 aliphatic heterocycles. The second-order valence-corrected chi connectivity index (χ2v) is 5.03. The van der Waals surface area contributed by atoms with Gasteiger partial charge in [0.05, 0.1) is 0 Å². The van der Waals surface area contributed by atoms with Crippen LogP contribution in [0.2, 0.25) is 0 Å². The Balaban J connectivity index is 2.17. The minimum absolute atomic E-state index is 0.00866. The van der Waals surface area contributed by atoms with Crippen LogP contribution < -0.4 is 9.47 Å². The lowest BCUT2D eigenvalue weighted by atomic mass is 9.94. The van der Waals surface area contributed by atoms with Crippen LogP contribution in [0.3, 0.4) is 0 Å². The van der Waals surface area contributed by atoms with Gasteiger partial charge in [-0.3, -0.25) is 9.59 Å². The van der Waals surface area contributed by atoms with E-state index in [1.165, 1.54) is 13.8 Å². The minimum atomic E-state index is -0.684. The van der Waals surface area contributed by atoms with Gasteiger partial charge in [-0.2, -0.15) is 0 Å². The van der Waals surface area contributed by atoms with E-state index >= 15 is 0 Å². The zero-order chi connectivity index (χ0) is 14.4. The van der Waals surface area contributed by atoms with Gasteiger partial charge in [0.1, 0.15) is 5.75 Å². The van der Waals surface area contributed by atoms with Crippen molar-refractivity contribution in [3.05, 3.63) is 35.2 Å². The Bertz CT molecular complexity index is 648. The minimum Gasteiger partial charge on any atom is -0.426 e. The maximum absolute atomic E-state index is 14.1. The lowest BCUT2D eigenvalue weighted by Crippen LogP contribution is -2.11. The summed E-state index contributed by atoms with van der Waals surface area (Å²) in [4.78, 5) is 22.3. The summed E-state index contributed by atoms with van der Waals surface area (Å²) in [5, 5.41) is 0. The van der Waals surface area contributed by atoms with Gasteiger partial charge < -0.3 is 9.47 Å². The van der Waals surface area contributed by atoms with Gasteiger partial charge in [0.15, 0.2) is 11.6 Å². The molecule has 3 rings (SSSR count). The third-order valence-electron chi connectivity index (χ3n) is 3.60. The highest BCUT2D eigenvalue weighted by Crippen LogP contribution is 2.55. The third-order valence-corrected chi connectivity index (χ3v) is 3.60. The number of rotatable bonds is 2. The zero-order valence-electron chi connectivity index (χ0n) is 11.1. The SMILES string of the molecule is CC(=O)Oc1cc(F)c(OC(C)=O)c2c1C1C=CC2C1. The molecular formula is C15H13FO4. The number of hydrogen-bond donors (Lipinski definition) is 0. The number of fused-ring (bicyclic) bond motifs is 5. The van der Waals surface area contributed by atoms with Crippen LogP contribution in [0.15, 0.2) is 18.2 Å². The van der Waals surface area contributed by atoms with Gasteiger partial charge in [0.25, 0.3) is 0 Å². The number of carbonyl (C=O) groups is 2. The molecule has 4 nitrogen and oxygen atoms in total. The molecule has 2 aliphatic rings. The van der Waals surface area contributed by atoms with E-state index < -0.39 is 17.8 Å². The number of carbonyl (C=O) groups excluding carboxylic acids is 2. The van der Waals surface area contributed by atoms with Gasteiger partial charge in [-0.25, -0.2) is 4.39 Å². The molecule has 0 fully saturated rings. The van der Waals surface area contributed by atoms with Gasteiger partial charge in [0.2, 0.25) is 0 Å². The molecule has 5 heteroatoms. The van der Waals surface area contributed by atoms with Crippen LogP contribution in [0.4, 0.5) is 4.39 Å². The predicted octanol–water partition coefficient (Wildman–Crippen LogP) is 2.82. The van der Waals surface area contributed by atoms with E-state index in [0.717, 1.165) is 18.1 Å². The number of halogens is 1. The van der Waals surface area contributed by atoms with Crippen molar-refractivity contribution in [2.75, 3.05) is 0 Å². The van der Waals surface area contributed by atoms with E-state index in [0.29, 0.717) is 5.56 Å². The molecule has 1 aromatic rings. The molecule has 0 saturated heterocycles. The summed E-state index contributed by atoms with van der Waals surface area (Å²) in [5.41, 5.74) is 1.38. The molecule has 0 amide bonds. The van der Waals surface area contributed by atoms with Crippen molar-refractivity contribution in [2.24, 2.45) is 0 Å². The van der Waals surface area contributed by atoms with Crippen molar-refractivity contribution >= 4 is 11.9 Å². The Morgan fingerprint density at radius 1 is 1.10 bits per heavy atom. The van der Waals surface area contributed by atoms with Crippen LogP contribution in [0.5, 0.6) is 11.5 Å². The summed E-state index contributed by atoms with van der Waals surface area (Å²) < 4.78 is 24.3. The summed E-state index contributed by atoms with van der Waals surface area (Å²) >= 11 is 0.